The van der Waals surface area contributed by atoms with Crippen molar-refractivity contribution in [2.24, 2.45) is 11.8 Å². The monoisotopic (exact) mass is 522 g/mol. The number of carboxylic acids is 1. The lowest BCUT2D eigenvalue weighted by Crippen LogP contribution is -2.41. The highest BCUT2D eigenvalue weighted by Gasteiger charge is 2.43. The highest BCUT2D eigenvalue weighted by atomic mass is 32.1. The van der Waals surface area contributed by atoms with E-state index in [4.69, 9.17) is 0 Å². The molecular weight excluding hydrogens is 497 g/mol. The van der Waals surface area contributed by atoms with Crippen molar-refractivity contribution in [2.75, 3.05) is 11.9 Å². The van der Waals surface area contributed by atoms with E-state index < -0.39 is 36.0 Å². The Morgan fingerprint density at radius 2 is 1.89 bits per heavy atom. The van der Waals surface area contributed by atoms with Crippen LogP contribution in [0.3, 0.4) is 0 Å². The van der Waals surface area contributed by atoms with Crippen LogP contribution in [0.25, 0.3) is 10.4 Å². The molecule has 3 aromatic rings. The zero-order valence-corrected chi connectivity index (χ0v) is 20.1. The first kappa shape index (κ1) is 26.0. The minimum Gasteiger partial charge on any atom is -0.481 e. The van der Waals surface area contributed by atoms with Gasteiger partial charge in [0.15, 0.2) is 0 Å². The van der Waals surface area contributed by atoms with E-state index in [9.17, 15) is 33.3 Å². The van der Waals surface area contributed by atoms with Crippen molar-refractivity contribution in [3.63, 3.8) is 0 Å². The number of aliphatic hydroxyl groups is 2. The number of aryl methyl sites for hydroxylation is 1. The Labute approximate surface area is 208 Å². The normalized spacial score (nSPS) is 20.1. The molecule has 1 aliphatic rings. The van der Waals surface area contributed by atoms with Gasteiger partial charge in [0.2, 0.25) is 5.95 Å². The number of rotatable bonds is 7. The first-order valence-corrected chi connectivity index (χ1v) is 12.1. The van der Waals surface area contributed by atoms with Gasteiger partial charge < -0.3 is 20.6 Å². The number of halogens is 3. The zero-order chi connectivity index (χ0) is 26.1. The molecule has 0 saturated heterocycles. The third-order valence-corrected chi connectivity index (χ3v) is 7.65. The van der Waals surface area contributed by atoms with Crippen LogP contribution in [0.2, 0.25) is 0 Å². The molecule has 0 bridgehead atoms. The van der Waals surface area contributed by atoms with Crippen LogP contribution in [0.15, 0.2) is 36.7 Å². The standard InChI is InChI=1S/C24H25F3N4O4S/c1-13-8-15(10-17(9-13)30-22-28-7-6-19(31-22)24(25,26)27)18-11-29-21(36-18)23(35,12-32)16-4-2-14(3-5-16)20(33)34/h6-11,14,16,32,35H,2-5,12H2,1H3,(H,33,34)(H,28,30,31). The molecule has 1 fully saturated rings. The van der Waals surface area contributed by atoms with Gasteiger partial charge in [-0.05, 0) is 67.9 Å². The summed E-state index contributed by atoms with van der Waals surface area (Å²) in [6.07, 6.45) is -0.230. The maximum absolute atomic E-state index is 13.0. The molecule has 1 aliphatic carbocycles. The predicted octanol–water partition coefficient (Wildman–Crippen LogP) is 4.74. The maximum atomic E-state index is 13.0. The van der Waals surface area contributed by atoms with Crippen LogP contribution in [0, 0.1) is 18.8 Å². The first-order valence-electron chi connectivity index (χ1n) is 11.3. The second-order valence-corrected chi connectivity index (χ2v) is 10.0. The largest absolute Gasteiger partial charge is 0.481 e. The van der Waals surface area contributed by atoms with Crippen LogP contribution < -0.4 is 5.32 Å². The Morgan fingerprint density at radius 3 is 2.53 bits per heavy atom. The average molecular weight is 523 g/mol. The number of carboxylic acid groups (broad SMARTS) is 1. The average Bonchev–Trinajstić information content (AvgIpc) is 3.34. The number of alkyl halides is 3. The minimum absolute atomic E-state index is 0.196. The summed E-state index contributed by atoms with van der Waals surface area (Å²) >= 11 is 1.20. The van der Waals surface area contributed by atoms with Gasteiger partial charge in [-0.25, -0.2) is 15.0 Å². The summed E-state index contributed by atoms with van der Waals surface area (Å²) in [6.45, 7) is 1.28. The van der Waals surface area contributed by atoms with Gasteiger partial charge in [-0.2, -0.15) is 13.2 Å². The number of hydrogen-bond acceptors (Lipinski definition) is 8. The van der Waals surface area contributed by atoms with E-state index in [1.807, 2.05) is 13.0 Å². The Bertz CT molecular complexity index is 1240. The van der Waals surface area contributed by atoms with Gasteiger partial charge in [0.25, 0.3) is 0 Å². The van der Waals surface area contributed by atoms with Crippen LogP contribution in [-0.2, 0) is 16.6 Å². The number of anilines is 2. The smallest absolute Gasteiger partial charge is 0.433 e. The predicted molar refractivity (Wildman–Crippen MR) is 127 cm³/mol. The molecule has 1 atom stereocenters. The lowest BCUT2D eigenvalue weighted by atomic mass is 9.74. The fourth-order valence-corrected chi connectivity index (χ4v) is 5.56. The van der Waals surface area contributed by atoms with E-state index in [1.54, 1.807) is 18.3 Å². The zero-order valence-electron chi connectivity index (χ0n) is 19.3. The summed E-state index contributed by atoms with van der Waals surface area (Å²) in [7, 11) is 0. The summed E-state index contributed by atoms with van der Waals surface area (Å²) < 4.78 is 39.0. The molecule has 36 heavy (non-hydrogen) atoms. The van der Waals surface area contributed by atoms with Gasteiger partial charge in [0.05, 0.1) is 17.4 Å². The van der Waals surface area contributed by atoms with Crippen molar-refractivity contribution >= 4 is 28.9 Å². The quantitative estimate of drug-likeness (QED) is 0.350. The molecule has 0 aliphatic heterocycles. The Kier molecular flexibility index (Phi) is 7.30. The van der Waals surface area contributed by atoms with E-state index in [1.165, 1.54) is 11.3 Å². The Hall–Kier alpha value is -3.09. The number of nitrogens with zero attached hydrogens (tertiary/aromatic N) is 3. The third kappa shape index (κ3) is 5.50. The summed E-state index contributed by atoms with van der Waals surface area (Å²) in [5.41, 5.74) is -0.642. The van der Waals surface area contributed by atoms with Crippen molar-refractivity contribution in [2.45, 2.75) is 44.4 Å². The molecule has 192 valence electrons. The van der Waals surface area contributed by atoms with Crippen molar-refractivity contribution in [1.29, 1.82) is 0 Å². The summed E-state index contributed by atoms with van der Waals surface area (Å²) in [5.74, 6) is -1.82. The van der Waals surface area contributed by atoms with Gasteiger partial charge in [0.1, 0.15) is 16.3 Å². The van der Waals surface area contributed by atoms with Crippen LogP contribution in [0.5, 0.6) is 0 Å². The Balaban J connectivity index is 1.57. The van der Waals surface area contributed by atoms with E-state index in [0.717, 1.165) is 17.8 Å². The van der Waals surface area contributed by atoms with Crippen molar-refractivity contribution in [3.8, 4) is 10.4 Å². The van der Waals surface area contributed by atoms with Crippen molar-refractivity contribution in [3.05, 3.63) is 52.9 Å². The second kappa shape index (κ2) is 10.1. The highest BCUT2D eigenvalue weighted by molar-refractivity contribution is 7.15. The number of aromatic nitrogens is 3. The fourth-order valence-electron chi connectivity index (χ4n) is 4.50. The van der Waals surface area contributed by atoms with Gasteiger partial charge in [-0.1, -0.05) is 6.07 Å². The van der Waals surface area contributed by atoms with Crippen LogP contribution in [0.4, 0.5) is 24.8 Å². The molecule has 8 nitrogen and oxygen atoms in total. The topological polar surface area (TPSA) is 128 Å². The minimum atomic E-state index is -4.59. The van der Waals surface area contributed by atoms with Crippen LogP contribution in [0.1, 0.15) is 41.9 Å². The van der Waals surface area contributed by atoms with E-state index in [2.05, 4.69) is 20.3 Å². The lowest BCUT2D eigenvalue weighted by molar-refractivity contribution is -0.145. The summed E-state index contributed by atoms with van der Waals surface area (Å²) in [6, 6.07) is 6.11. The molecule has 0 amide bonds. The van der Waals surface area contributed by atoms with Gasteiger partial charge in [-0.3, -0.25) is 4.79 Å². The number of aliphatic hydroxyl groups excluding tert-OH is 1. The first-order chi connectivity index (χ1) is 17.0. The maximum Gasteiger partial charge on any atom is 0.433 e. The number of aliphatic carboxylic acids is 1. The van der Waals surface area contributed by atoms with Crippen LogP contribution in [-0.4, -0.2) is 42.8 Å². The van der Waals surface area contributed by atoms with Gasteiger partial charge in [-0.15, -0.1) is 11.3 Å². The van der Waals surface area contributed by atoms with E-state index in [0.29, 0.717) is 46.8 Å². The van der Waals surface area contributed by atoms with Gasteiger partial charge >= 0.3 is 12.1 Å². The molecule has 12 heteroatoms. The molecule has 4 N–H and O–H groups in total. The van der Waals surface area contributed by atoms with E-state index >= 15 is 0 Å². The SMILES string of the molecule is Cc1cc(Nc2nccc(C(F)(F)F)n2)cc(-c2cnc(C(O)(CO)C3CCC(C(=O)O)CC3)s2)c1. The summed E-state index contributed by atoms with van der Waals surface area (Å²) in [4.78, 5) is 23.7. The Morgan fingerprint density at radius 1 is 1.17 bits per heavy atom. The molecule has 2 aromatic heterocycles. The second-order valence-electron chi connectivity index (χ2n) is 8.97. The fraction of sp³-hybridized carbons (Fsp3) is 0.417. The molecule has 1 unspecified atom stereocenters. The number of benzene rings is 1. The van der Waals surface area contributed by atoms with Crippen molar-refractivity contribution < 1.29 is 33.3 Å². The molecule has 1 saturated carbocycles. The third-order valence-electron chi connectivity index (χ3n) is 6.43. The van der Waals surface area contributed by atoms with Crippen molar-refractivity contribution in [1.82, 2.24) is 15.0 Å². The number of hydrogen-bond donors (Lipinski definition) is 4. The lowest BCUT2D eigenvalue weighted by Gasteiger charge is -2.37. The molecule has 2 heterocycles. The van der Waals surface area contributed by atoms with Gasteiger partial charge in [0, 0.05) is 18.1 Å². The highest BCUT2D eigenvalue weighted by Crippen LogP contribution is 2.43. The molecule has 0 spiro atoms. The number of thiazole rings is 1. The number of nitrogens with one attached hydrogen (secondary N) is 1. The molecule has 1 aromatic carbocycles. The molecule has 0 radical (unpaired) electrons. The van der Waals surface area contributed by atoms with E-state index in [-0.39, 0.29) is 11.9 Å². The molecular formula is C24H25F3N4O4S. The van der Waals surface area contributed by atoms with Crippen LogP contribution >= 0.6 is 11.3 Å². The number of carbonyl (C=O) groups is 1. The molecule has 4 rings (SSSR count). The summed E-state index contributed by atoms with van der Waals surface area (Å²) in [5, 5.41) is 33.8.